The third-order valence-electron chi connectivity index (χ3n) is 3.95. The van der Waals surface area contributed by atoms with Gasteiger partial charge in [-0.25, -0.2) is 9.38 Å². The maximum Gasteiger partial charge on any atom is 0.411 e. The number of amides is 1. The molecule has 0 unspecified atom stereocenters. The number of anilines is 1. The summed E-state index contributed by atoms with van der Waals surface area (Å²) in [5.41, 5.74) is 1.48. The molecule has 0 saturated heterocycles. The first-order chi connectivity index (χ1) is 14.3. The van der Waals surface area contributed by atoms with E-state index in [9.17, 15) is 22.4 Å². The zero-order chi connectivity index (χ0) is 21.6. The van der Waals surface area contributed by atoms with E-state index < -0.39 is 18.6 Å². The van der Waals surface area contributed by atoms with Crippen molar-refractivity contribution >= 4 is 34.6 Å². The number of carbonyl (C=O) groups excluding carboxylic acids is 1. The van der Waals surface area contributed by atoms with Crippen LogP contribution in [-0.2, 0) is 9.53 Å². The maximum atomic E-state index is 13.3. The van der Waals surface area contributed by atoms with Gasteiger partial charge in [-0.05, 0) is 42.3 Å². The molecule has 0 fully saturated rings. The Kier molecular flexibility index (Phi) is 7.28. The number of amidine groups is 1. The number of thioether (sulfide) groups is 1. The molecule has 0 N–H and O–H groups in total. The number of benzene rings is 2. The molecule has 4 nitrogen and oxygen atoms in total. The summed E-state index contributed by atoms with van der Waals surface area (Å²) in [4.78, 5) is 18.7. The number of alkyl halides is 3. The molecule has 3 rings (SSSR count). The van der Waals surface area contributed by atoms with Crippen LogP contribution in [-0.4, -0.2) is 36.2 Å². The van der Waals surface area contributed by atoms with Crippen LogP contribution in [0.25, 0.3) is 6.08 Å². The molecule has 0 saturated carbocycles. The van der Waals surface area contributed by atoms with Crippen LogP contribution in [0.1, 0.15) is 12.0 Å². The molecule has 1 aliphatic heterocycles. The highest BCUT2D eigenvalue weighted by Gasteiger charge is 2.32. The molecule has 0 atom stereocenters. The molecule has 9 heteroatoms. The smallest absolute Gasteiger partial charge is 0.372 e. The number of nitrogens with zero attached hydrogens (tertiary/aromatic N) is 2. The number of halogens is 4. The Morgan fingerprint density at radius 2 is 1.77 bits per heavy atom. The average molecular weight is 438 g/mol. The fourth-order valence-corrected chi connectivity index (χ4v) is 3.56. The van der Waals surface area contributed by atoms with Gasteiger partial charge in [-0.2, -0.15) is 13.2 Å². The fraction of sp³-hybridized carbons (Fsp3) is 0.238. The lowest BCUT2D eigenvalue weighted by molar-refractivity contribution is -0.173. The lowest BCUT2D eigenvalue weighted by Crippen LogP contribution is -2.30. The Labute approximate surface area is 175 Å². The van der Waals surface area contributed by atoms with Crippen molar-refractivity contribution in [3.05, 3.63) is 71.7 Å². The van der Waals surface area contributed by atoms with Crippen LogP contribution in [0.5, 0.6) is 0 Å². The van der Waals surface area contributed by atoms with E-state index in [1.165, 1.54) is 40.9 Å². The van der Waals surface area contributed by atoms with Gasteiger partial charge in [0.2, 0.25) is 0 Å². The monoisotopic (exact) mass is 438 g/mol. The number of rotatable bonds is 7. The van der Waals surface area contributed by atoms with E-state index in [4.69, 9.17) is 0 Å². The first-order valence-electron chi connectivity index (χ1n) is 9.06. The van der Waals surface area contributed by atoms with Crippen molar-refractivity contribution in [2.24, 2.45) is 4.99 Å². The molecular weight excluding hydrogens is 420 g/mol. The predicted octanol–water partition coefficient (Wildman–Crippen LogP) is 5.27. The molecule has 2 aromatic rings. The van der Waals surface area contributed by atoms with Crippen LogP contribution in [0, 0.1) is 5.82 Å². The highest BCUT2D eigenvalue weighted by Crippen LogP contribution is 2.29. The lowest BCUT2D eigenvalue weighted by Gasteiger charge is -2.17. The van der Waals surface area contributed by atoms with Crippen molar-refractivity contribution in [3.8, 4) is 0 Å². The topological polar surface area (TPSA) is 41.9 Å². The van der Waals surface area contributed by atoms with Gasteiger partial charge in [0.05, 0.1) is 5.69 Å². The molecule has 158 valence electrons. The number of ether oxygens (including phenoxy) is 1. The fourth-order valence-electron chi connectivity index (χ4n) is 2.63. The van der Waals surface area contributed by atoms with Gasteiger partial charge in [-0.3, -0.25) is 9.69 Å². The minimum Gasteiger partial charge on any atom is -0.372 e. The van der Waals surface area contributed by atoms with E-state index in [1.54, 1.807) is 6.08 Å². The van der Waals surface area contributed by atoms with Crippen molar-refractivity contribution in [1.82, 2.24) is 0 Å². The number of hydrogen-bond donors (Lipinski definition) is 0. The van der Waals surface area contributed by atoms with E-state index >= 15 is 0 Å². The summed E-state index contributed by atoms with van der Waals surface area (Å²) in [5.74, 6) is -0.389. The molecule has 0 aromatic heterocycles. The summed E-state index contributed by atoms with van der Waals surface area (Å²) < 4.78 is 54.2. The third-order valence-corrected chi connectivity index (χ3v) is 4.97. The van der Waals surface area contributed by atoms with Gasteiger partial charge in [-0.15, -0.1) is 0 Å². The zero-order valence-electron chi connectivity index (χ0n) is 15.7. The lowest BCUT2D eigenvalue weighted by atomic mass is 10.2. The van der Waals surface area contributed by atoms with Crippen LogP contribution in [0.2, 0.25) is 0 Å². The molecule has 30 heavy (non-hydrogen) atoms. The van der Waals surface area contributed by atoms with Crippen LogP contribution >= 0.6 is 11.8 Å². The van der Waals surface area contributed by atoms with Crippen molar-refractivity contribution < 1.29 is 27.1 Å². The summed E-state index contributed by atoms with van der Waals surface area (Å²) in [6, 6.07) is 14.6. The Balaban J connectivity index is 1.72. The minimum atomic E-state index is -4.36. The van der Waals surface area contributed by atoms with E-state index in [1.807, 2.05) is 30.3 Å². The van der Waals surface area contributed by atoms with E-state index in [2.05, 4.69) is 9.73 Å². The standard InChI is InChI=1S/C21H18F4N2O2S/c22-16-7-9-17(10-8-16)27-19(28)18(13-15-5-2-1-3-6-15)26-20(27)30-12-4-11-29-14-21(23,24)25/h1-3,5-10,13H,4,11-12,14H2. The van der Waals surface area contributed by atoms with Gasteiger partial charge in [0, 0.05) is 12.4 Å². The van der Waals surface area contributed by atoms with Gasteiger partial charge >= 0.3 is 6.18 Å². The van der Waals surface area contributed by atoms with Gasteiger partial charge in [-0.1, -0.05) is 42.1 Å². The van der Waals surface area contributed by atoms with Crippen LogP contribution in [0.4, 0.5) is 23.2 Å². The SMILES string of the molecule is O=C1C(=Cc2ccccc2)N=C(SCCCOCC(F)(F)F)N1c1ccc(F)cc1. The van der Waals surface area contributed by atoms with Crippen LogP contribution in [0.3, 0.4) is 0 Å². The third kappa shape index (κ3) is 6.17. The molecule has 2 aromatic carbocycles. The van der Waals surface area contributed by atoms with Crippen molar-refractivity contribution in [2.45, 2.75) is 12.6 Å². The van der Waals surface area contributed by atoms with E-state index in [0.717, 1.165) is 5.56 Å². The summed E-state index contributed by atoms with van der Waals surface area (Å²) in [7, 11) is 0. The second-order valence-electron chi connectivity index (χ2n) is 6.32. The van der Waals surface area contributed by atoms with Gasteiger partial charge in [0.1, 0.15) is 18.1 Å². The van der Waals surface area contributed by atoms with Crippen LogP contribution < -0.4 is 4.90 Å². The van der Waals surface area contributed by atoms with Gasteiger partial charge in [0.25, 0.3) is 5.91 Å². The molecule has 0 aliphatic carbocycles. The van der Waals surface area contributed by atoms with Gasteiger partial charge < -0.3 is 4.74 Å². The molecule has 1 aliphatic rings. The number of hydrogen-bond acceptors (Lipinski definition) is 4. The normalized spacial score (nSPS) is 15.7. The largest absolute Gasteiger partial charge is 0.411 e. The van der Waals surface area contributed by atoms with E-state index in [0.29, 0.717) is 23.0 Å². The first-order valence-corrected chi connectivity index (χ1v) is 10.0. The summed E-state index contributed by atoms with van der Waals surface area (Å²) in [6.07, 6.45) is -2.35. The van der Waals surface area contributed by atoms with Crippen molar-refractivity contribution in [2.75, 3.05) is 23.9 Å². The Hall–Kier alpha value is -2.65. The van der Waals surface area contributed by atoms with Gasteiger partial charge in [0.15, 0.2) is 5.17 Å². The quantitative estimate of drug-likeness (QED) is 0.336. The second-order valence-corrected chi connectivity index (χ2v) is 7.38. The number of carbonyl (C=O) groups is 1. The van der Waals surface area contributed by atoms with Crippen LogP contribution in [0.15, 0.2) is 65.3 Å². The maximum absolute atomic E-state index is 13.3. The highest BCUT2D eigenvalue weighted by atomic mass is 32.2. The number of aliphatic imine (C=N–C) groups is 1. The Bertz CT molecular complexity index is 928. The Morgan fingerprint density at radius 3 is 2.43 bits per heavy atom. The molecular formula is C21H18F4N2O2S. The molecule has 1 amide bonds. The predicted molar refractivity (Wildman–Crippen MR) is 110 cm³/mol. The summed E-state index contributed by atoms with van der Waals surface area (Å²) in [6.45, 7) is -1.35. The minimum absolute atomic E-state index is 0.0585. The molecule has 0 radical (unpaired) electrons. The molecule has 1 heterocycles. The summed E-state index contributed by atoms with van der Waals surface area (Å²) in [5, 5.41) is 0.379. The average Bonchev–Trinajstić information content (AvgIpc) is 3.00. The van der Waals surface area contributed by atoms with Crippen molar-refractivity contribution in [1.29, 1.82) is 0 Å². The van der Waals surface area contributed by atoms with E-state index in [-0.39, 0.29) is 18.2 Å². The van der Waals surface area contributed by atoms with Crippen molar-refractivity contribution in [3.63, 3.8) is 0 Å². The highest BCUT2D eigenvalue weighted by molar-refractivity contribution is 8.14. The summed E-state index contributed by atoms with van der Waals surface area (Å²) >= 11 is 1.23. The zero-order valence-corrected chi connectivity index (χ0v) is 16.5. The molecule has 0 spiro atoms. The molecule has 0 bridgehead atoms. The Morgan fingerprint density at radius 1 is 1.07 bits per heavy atom. The second kappa shape index (κ2) is 9.90. The first kappa shape index (κ1) is 22.0.